The first kappa shape index (κ1) is 11.5. The van der Waals surface area contributed by atoms with Crippen LogP contribution in [-0.2, 0) is 5.60 Å². The number of rotatable bonds is 2. The minimum Gasteiger partial charge on any atom is -0.386 e. The van der Waals surface area contributed by atoms with Crippen LogP contribution in [0.4, 0.5) is 8.78 Å². The summed E-state index contributed by atoms with van der Waals surface area (Å²) in [7, 11) is 0. The van der Waals surface area contributed by atoms with Gasteiger partial charge in [-0.15, -0.1) is 11.8 Å². The van der Waals surface area contributed by atoms with E-state index in [0.29, 0.717) is 0 Å². The largest absolute Gasteiger partial charge is 0.386 e. The fourth-order valence-corrected chi connectivity index (χ4v) is 1.74. The van der Waals surface area contributed by atoms with Gasteiger partial charge in [0.15, 0.2) is 0 Å². The Morgan fingerprint density at radius 3 is 2.29 bits per heavy atom. The molecular formula is C10H12F2OS. The fraction of sp³-hybridized carbons (Fsp3) is 0.400. The summed E-state index contributed by atoms with van der Waals surface area (Å²) in [6.07, 6.45) is 1.59. The van der Waals surface area contributed by atoms with Crippen molar-refractivity contribution in [1.82, 2.24) is 0 Å². The molecule has 0 amide bonds. The van der Waals surface area contributed by atoms with Crippen LogP contribution in [0.3, 0.4) is 0 Å². The van der Waals surface area contributed by atoms with Crippen molar-refractivity contribution in [3.63, 3.8) is 0 Å². The summed E-state index contributed by atoms with van der Waals surface area (Å²) >= 11 is 0.991. The lowest BCUT2D eigenvalue weighted by atomic mass is 9.98. The number of thioether (sulfide) groups is 1. The highest BCUT2D eigenvalue weighted by Crippen LogP contribution is 2.30. The lowest BCUT2D eigenvalue weighted by Crippen LogP contribution is -2.18. The number of hydrogen-bond acceptors (Lipinski definition) is 2. The Kier molecular flexibility index (Phi) is 3.17. The van der Waals surface area contributed by atoms with Gasteiger partial charge in [-0.2, -0.15) is 0 Å². The predicted molar refractivity (Wildman–Crippen MR) is 53.4 cm³/mol. The molecular weight excluding hydrogens is 206 g/mol. The molecule has 1 nitrogen and oxygen atoms in total. The van der Waals surface area contributed by atoms with Gasteiger partial charge in [-0.05, 0) is 26.2 Å². The first-order chi connectivity index (χ1) is 6.38. The van der Waals surface area contributed by atoms with E-state index in [1.54, 1.807) is 6.26 Å². The zero-order chi connectivity index (χ0) is 10.9. The monoisotopic (exact) mass is 218 g/mol. The summed E-state index contributed by atoms with van der Waals surface area (Å²) < 4.78 is 26.7. The van der Waals surface area contributed by atoms with Crippen LogP contribution in [0, 0.1) is 11.6 Å². The van der Waals surface area contributed by atoms with Crippen LogP contribution in [0.2, 0.25) is 0 Å². The molecule has 0 spiro atoms. The standard InChI is InChI=1S/C10H12F2OS/c1-10(2,13)6-4-5-7(11)9(14-3)8(6)12/h4-5,13H,1-3H3. The third kappa shape index (κ3) is 2.07. The molecule has 1 aromatic carbocycles. The molecule has 4 heteroatoms. The SMILES string of the molecule is CSc1c(F)ccc(C(C)(C)O)c1F. The molecule has 0 aromatic heterocycles. The molecule has 0 aliphatic heterocycles. The summed E-state index contributed by atoms with van der Waals surface area (Å²) in [6.45, 7) is 2.93. The Labute approximate surface area is 86.1 Å². The maximum Gasteiger partial charge on any atom is 0.145 e. The second kappa shape index (κ2) is 3.87. The molecule has 1 aromatic rings. The van der Waals surface area contributed by atoms with Crippen molar-refractivity contribution in [3.8, 4) is 0 Å². The van der Waals surface area contributed by atoms with E-state index in [9.17, 15) is 13.9 Å². The van der Waals surface area contributed by atoms with Crippen LogP contribution in [0.25, 0.3) is 0 Å². The Morgan fingerprint density at radius 2 is 1.86 bits per heavy atom. The van der Waals surface area contributed by atoms with Gasteiger partial charge in [0.05, 0.1) is 10.5 Å². The maximum absolute atomic E-state index is 13.6. The summed E-state index contributed by atoms with van der Waals surface area (Å²) in [5.41, 5.74) is -1.18. The summed E-state index contributed by atoms with van der Waals surface area (Å²) in [5, 5.41) is 9.61. The second-order valence-corrected chi connectivity index (χ2v) is 4.32. The molecule has 0 unspecified atom stereocenters. The smallest absolute Gasteiger partial charge is 0.145 e. The number of aliphatic hydroxyl groups is 1. The minimum atomic E-state index is -1.29. The van der Waals surface area contributed by atoms with Gasteiger partial charge in [-0.1, -0.05) is 6.07 Å². The zero-order valence-corrected chi connectivity index (χ0v) is 9.08. The van der Waals surface area contributed by atoms with Gasteiger partial charge < -0.3 is 5.11 Å². The molecule has 14 heavy (non-hydrogen) atoms. The molecule has 1 rings (SSSR count). The van der Waals surface area contributed by atoms with E-state index >= 15 is 0 Å². The average molecular weight is 218 g/mol. The molecule has 0 aliphatic rings. The van der Waals surface area contributed by atoms with E-state index in [1.807, 2.05) is 0 Å². The molecule has 0 bridgehead atoms. The number of benzene rings is 1. The fourth-order valence-electron chi connectivity index (χ4n) is 1.19. The van der Waals surface area contributed by atoms with Crippen molar-refractivity contribution in [2.45, 2.75) is 24.3 Å². The van der Waals surface area contributed by atoms with Gasteiger partial charge in [0.25, 0.3) is 0 Å². The van der Waals surface area contributed by atoms with Crippen LogP contribution in [0.1, 0.15) is 19.4 Å². The van der Waals surface area contributed by atoms with E-state index in [4.69, 9.17) is 0 Å². The quantitative estimate of drug-likeness (QED) is 0.770. The van der Waals surface area contributed by atoms with Gasteiger partial charge in [-0.3, -0.25) is 0 Å². The molecule has 0 heterocycles. The van der Waals surface area contributed by atoms with Crippen molar-refractivity contribution in [3.05, 3.63) is 29.3 Å². The van der Waals surface area contributed by atoms with Crippen molar-refractivity contribution >= 4 is 11.8 Å². The van der Waals surface area contributed by atoms with Crippen molar-refractivity contribution in [2.75, 3.05) is 6.26 Å². The molecule has 78 valence electrons. The molecule has 0 fully saturated rings. The molecule has 1 N–H and O–H groups in total. The van der Waals surface area contributed by atoms with E-state index in [1.165, 1.54) is 26.0 Å². The van der Waals surface area contributed by atoms with Crippen LogP contribution in [0.5, 0.6) is 0 Å². The van der Waals surface area contributed by atoms with Crippen molar-refractivity contribution in [1.29, 1.82) is 0 Å². The van der Waals surface area contributed by atoms with E-state index < -0.39 is 17.2 Å². The predicted octanol–water partition coefficient (Wildman–Crippen LogP) is 2.91. The van der Waals surface area contributed by atoms with Crippen LogP contribution in [0.15, 0.2) is 17.0 Å². The maximum atomic E-state index is 13.6. The summed E-state index contributed by atoms with van der Waals surface area (Å²) in [5.74, 6) is -1.27. The zero-order valence-electron chi connectivity index (χ0n) is 8.27. The first-order valence-electron chi connectivity index (χ1n) is 4.12. The van der Waals surface area contributed by atoms with Gasteiger partial charge in [0.2, 0.25) is 0 Å². The van der Waals surface area contributed by atoms with E-state index in [0.717, 1.165) is 11.8 Å². The third-order valence-electron chi connectivity index (χ3n) is 1.91. The Hall–Kier alpha value is -0.610. The van der Waals surface area contributed by atoms with Crippen molar-refractivity contribution in [2.24, 2.45) is 0 Å². The lowest BCUT2D eigenvalue weighted by Gasteiger charge is -2.19. The Bertz CT molecular complexity index is 345. The summed E-state index contributed by atoms with van der Waals surface area (Å²) in [6, 6.07) is 2.44. The van der Waals surface area contributed by atoms with Crippen LogP contribution in [-0.4, -0.2) is 11.4 Å². The molecule has 0 saturated heterocycles. The Balaban J connectivity index is 3.36. The third-order valence-corrected chi connectivity index (χ3v) is 2.69. The highest BCUT2D eigenvalue weighted by Gasteiger charge is 2.23. The second-order valence-electron chi connectivity index (χ2n) is 3.50. The van der Waals surface area contributed by atoms with Crippen LogP contribution >= 0.6 is 11.8 Å². The van der Waals surface area contributed by atoms with Gasteiger partial charge >= 0.3 is 0 Å². The van der Waals surface area contributed by atoms with Gasteiger partial charge in [-0.25, -0.2) is 8.78 Å². The lowest BCUT2D eigenvalue weighted by molar-refractivity contribution is 0.0738. The minimum absolute atomic E-state index is 0.0513. The van der Waals surface area contributed by atoms with Crippen LogP contribution < -0.4 is 0 Å². The van der Waals surface area contributed by atoms with Crippen molar-refractivity contribution < 1.29 is 13.9 Å². The number of halogens is 2. The normalized spacial score (nSPS) is 11.9. The highest BCUT2D eigenvalue weighted by molar-refractivity contribution is 7.98. The number of hydrogen-bond donors (Lipinski definition) is 1. The van der Waals surface area contributed by atoms with E-state index in [-0.39, 0.29) is 10.5 Å². The van der Waals surface area contributed by atoms with E-state index in [2.05, 4.69) is 0 Å². The Morgan fingerprint density at radius 1 is 1.29 bits per heavy atom. The summed E-state index contributed by atoms with van der Waals surface area (Å²) in [4.78, 5) is -0.0513. The topological polar surface area (TPSA) is 20.2 Å². The molecule has 0 saturated carbocycles. The first-order valence-corrected chi connectivity index (χ1v) is 5.35. The molecule has 0 atom stereocenters. The molecule has 0 aliphatic carbocycles. The average Bonchev–Trinajstić information content (AvgIpc) is 2.02. The molecule has 0 radical (unpaired) electrons. The van der Waals surface area contributed by atoms with Gasteiger partial charge in [0, 0.05) is 5.56 Å². The van der Waals surface area contributed by atoms with Gasteiger partial charge in [0.1, 0.15) is 11.6 Å². The highest BCUT2D eigenvalue weighted by atomic mass is 32.2.